The Morgan fingerprint density at radius 2 is 1.95 bits per heavy atom. The van der Waals surface area contributed by atoms with Gasteiger partial charge in [-0.25, -0.2) is 0 Å². The predicted molar refractivity (Wildman–Crippen MR) is 80.6 cm³/mol. The molecule has 0 unspecified atom stereocenters. The number of hydrogen-bond acceptors (Lipinski definition) is 3. The Kier molecular flexibility index (Phi) is 6.36. The number of benzene rings is 1. The van der Waals surface area contributed by atoms with Gasteiger partial charge in [0.1, 0.15) is 0 Å². The molecular formula is C15H25N3O. The van der Waals surface area contributed by atoms with Gasteiger partial charge in [0.25, 0.3) is 0 Å². The molecule has 0 bridgehead atoms. The molecule has 0 spiro atoms. The van der Waals surface area contributed by atoms with Crippen LogP contribution < -0.4 is 10.6 Å². The van der Waals surface area contributed by atoms with Crippen LogP contribution in [0.5, 0.6) is 0 Å². The van der Waals surface area contributed by atoms with Gasteiger partial charge in [-0.05, 0) is 31.6 Å². The van der Waals surface area contributed by atoms with Crippen LogP contribution in [0.2, 0.25) is 0 Å². The number of para-hydroxylation sites is 1. The summed E-state index contributed by atoms with van der Waals surface area (Å²) in [5.41, 5.74) is 2.28. The van der Waals surface area contributed by atoms with Crippen LogP contribution in [0, 0.1) is 0 Å². The van der Waals surface area contributed by atoms with Crippen LogP contribution in [0.3, 0.4) is 0 Å². The first-order valence-electron chi connectivity index (χ1n) is 6.75. The molecule has 1 rings (SSSR count). The summed E-state index contributed by atoms with van der Waals surface area (Å²) in [7, 11) is 3.98. The lowest BCUT2D eigenvalue weighted by Gasteiger charge is -2.15. The molecular weight excluding hydrogens is 238 g/mol. The van der Waals surface area contributed by atoms with Gasteiger partial charge in [-0.15, -0.1) is 0 Å². The van der Waals surface area contributed by atoms with Crippen molar-refractivity contribution in [1.82, 2.24) is 10.2 Å². The number of nitrogens with one attached hydrogen (secondary N) is 2. The lowest BCUT2D eigenvalue weighted by Crippen LogP contribution is -2.35. The van der Waals surface area contributed by atoms with Crippen molar-refractivity contribution in [3.8, 4) is 0 Å². The Bertz CT molecular complexity index is 402. The second-order valence-corrected chi connectivity index (χ2v) is 5.25. The Balaban J connectivity index is 2.42. The van der Waals surface area contributed by atoms with Crippen LogP contribution in [0.15, 0.2) is 24.3 Å². The lowest BCUT2D eigenvalue weighted by atomic mass is 10.0. The summed E-state index contributed by atoms with van der Waals surface area (Å²) in [6.07, 6.45) is 0. The summed E-state index contributed by atoms with van der Waals surface area (Å²) in [6.45, 7) is 6.15. The normalized spacial score (nSPS) is 10.8. The average Bonchev–Trinajstić information content (AvgIpc) is 2.36. The SMILES string of the molecule is CC(C)c1ccccc1NCC(=O)NCCN(C)C. The number of anilines is 1. The van der Waals surface area contributed by atoms with E-state index in [9.17, 15) is 4.79 Å². The largest absolute Gasteiger partial charge is 0.376 e. The van der Waals surface area contributed by atoms with Gasteiger partial charge < -0.3 is 15.5 Å². The molecule has 0 radical (unpaired) electrons. The van der Waals surface area contributed by atoms with Crippen molar-refractivity contribution in [2.24, 2.45) is 0 Å². The van der Waals surface area contributed by atoms with Gasteiger partial charge in [-0.1, -0.05) is 32.0 Å². The lowest BCUT2D eigenvalue weighted by molar-refractivity contribution is -0.119. The van der Waals surface area contributed by atoms with E-state index in [1.165, 1.54) is 5.56 Å². The van der Waals surface area contributed by atoms with Crippen molar-refractivity contribution in [2.45, 2.75) is 19.8 Å². The molecule has 0 saturated carbocycles. The van der Waals surface area contributed by atoms with E-state index in [0.717, 1.165) is 12.2 Å². The molecule has 0 atom stereocenters. The van der Waals surface area contributed by atoms with E-state index in [-0.39, 0.29) is 5.91 Å². The minimum Gasteiger partial charge on any atom is -0.376 e. The summed E-state index contributed by atoms with van der Waals surface area (Å²) in [5, 5.41) is 6.10. The van der Waals surface area contributed by atoms with E-state index in [1.54, 1.807) is 0 Å². The Morgan fingerprint density at radius 3 is 2.58 bits per heavy atom. The highest BCUT2D eigenvalue weighted by molar-refractivity contribution is 5.81. The van der Waals surface area contributed by atoms with Crippen LogP contribution >= 0.6 is 0 Å². The maximum absolute atomic E-state index is 11.7. The molecule has 1 aromatic rings. The Morgan fingerprint density at radius 1 is 1.26 bits per heavy atom. The van der Waals surface area contributed by atoms with E-state index >= 15 is 0 Å². The summed E-state index contributed by atoms with van der Waals surface area (Å²) < 4.78 is 0. The molecule has 1 amide bonds. The maximum Gasteiger partial charge on any atom is 0.239 e. The first kappa shape index (κ1) is 15.5. The molecule has 2 N–H and O–H groups in total. The number of carbonyl (C=O) groups excluding carboxylic acids is 1. The molecule has 0 aliphatic heterocycles. The molecule has 0 aliphatic rings. The van der Waals surface area contributed by atoms with Crippen LogP contribution in [0.4, 0.5) is 5.69 Å². The van der Waals surface area contributed by atoms with Gasteiger partial charge in [0, 0.05) is 18.8 Å². The molecule has 19 heavy (non-hydrogen) atoms. The molecule has 4 heteroatoms. The average molecular weight is 263 g/mol. The second kappa shape index (κ2) is 7.79. The van der Waals surface area contributed by atoms with Crippen LogP contribution in [0.25, 0.3) is 0 Å². The zero-order valence-electron chi connectivity index (χ0n) is 12.4. The Hall–Kier alpha value is -1.55. The number of amides is 1. The third kappa shape index (κ3) is 5.75. The van der Waals surface area contributed by atoms with Crippen LogP contribution in [0.1, 0.15) is 25.3 Å². The molecule has 0 fully saturated rings. The second-order valence-electron chi connectivity index (χ2n) is 5.25. The minimum absolute atomic E-state index is 0.0282. The summed E-state index contributed by atoms with van der Waals surface area (Å²) in [4.78, 5) is 13.7. The molecule has 0 aliphatic carbocycles. The zero-order valence-corrected chi connectivity index (χ0v) is 12.4. The van der Waals surface area contributed by atoms with Crippen molar-refractivity contribution in [1.29, 1.82) is 0 Å². The van der Waals surface area contributed by atoms with Gasteiger partial charge in [0.05, 0.1) is 6.54 Å². The first-order chi connectivity index (χ1) is 9.00. The van der Waals surface area contributed by atoms with Gasteiger partial charge in [-0.2, -0.15) is 0 Å². The first-order valence-corrected chi connectivity index (χ1v) is 6.75. The highest BCUT2D eigenvalue weighted by Gasteiger charge is 2.07. The number of nitrogens with zero attached hydrogens (tertiary/aromatic N) is 1. The van der Waals surface area contributed by atoms with E-state index in [0.29, 0.717) is 19.0 Å². The highest BCUT2D eigenvalue weighted by atomic mass is 16.1. The number of hydrogen-bond donors (Lipinski definition) is 2. The van der Waals surface area contributed by atoms with Gasteiger partial charge in [0.2, 0.25) is 5.91 Å². The fraction of sp³-hybridized carbons (Fsp3) is 0.533. The van der Waals surface area contributed by atoms with Crippen molar-refractivity contribution in [3.63, 3.8) is 0 Å². The quantitative estimate of drug-likeness (QED) is 0.789. The molecule has 0 heterocycles. The fourth-order valence-corrected chi connectivity index (χ4v) is 1.82. The van der Waals surface area contributed by atoms with Crippen LogP contribution in [-0.2, 0) is 4.79 Å². The number of likely N-dealkylation sites (N-methyl/N-ethyl adjacent to an activating group) is 1. The van der Waals surface area contributed by atoms with Crippen molar-refractivity contribution >= 4 is 11.6 Å². The summed E-state index contributed by atoms with van der Waals surface area (Å²) in [5.74, 6) is 0.473. The number of carbonyl (C=O) groups is 1. The van der Waals surface area contributed by atoms with Gasteiger partial charge in [0.15, 0.2) is 0 Å². The van der Waals surface area contributed by atoms with E-state index in [1.807, 2.05) is 37.2 Å². The van der Waals surface area contributed by atoms with Crippen molar-refractivity contribution < 1.29 is 4.79 Å². The van der Waals surface area contributed by atoms with Crippen molar-refractivity contribution in [3.05, 3.63) is 29.8 Å². The predicted octanol–water partition coefficient (Wildman–Crippen LogP) is 1.90. The van der Waals surface area contributed by atoms with Crippen molar-refractivity contribution in [2.75, 3.05) is 39.0 Å². The van der Waals surface area contributed by atoms with Gasteiger partial charge >= 0.3 is 0 Å². The molecule has 0 saturated heterocycles. The molecule has 0 aromatic heterocycles. The molecule has 4 nitrogen and oxygen atoms in total. The summed E-state index contributed by atoms with van der Waals surface area (Å²) >= 11 is 0. The zero-order chi connectivity index (χ0) is 14.3. The standard InChI is InChI=1S/C15H25N3O/c1-12(2)13-7-5-6-8-14(13)17-11-15(19)16-9-10-18(3)4/h5-8,12,17H,9-11H2,1-4H3,(H,16,19). The smallest absolute Gasteiger partial charge is 0.239 e. The monoisotopic (exact) mass is 263 g/mol. The van der Waals surface area contributed by atoms with Crippen LogP contribution in [-0.4, -0.2) is 44.5 Å². The Labute approximate surface area is 116 Å². The van der Waals surface area contributed by atoms with E-state index < -0.39 is 0 Å². The third-order valence-electron chi connectivity index (χ3n) is 2.90. The summed E-state index contributed by atoms with van der Waals surface area (Å²) in [6, 6.07) is 8.12. The third-order valence-corrected chi connectivity index (χ3v) is 2.90. The van der Waals surface area contributed by atoms with Gasteiger partial charge in [-0.3, -0.25) is 4.79 Å². The highest BCUT2D eigenvalue weighted by Crippen LogP contribution is 2.23. The van der Waals surface area contributed by atoms with E-state index in [4.69, 9.17) is 0 Å². The minimum atomic E-state index is 0.0282. The number of rotatable bonds is 7. The maximum atomic E-state index is 11.7. The molecule has 1 aromatic carbocycles. The fourth-order valence-electron chi connectivity index (χ4n) is 1.82. The molecule has 106 valence electrons. The topological polar surface area (TPSA) is 44.4 Å². The van der Waals surface area contributed by atoms with E-state index in [2.05, 4.69) is 30.5 Å².